The van der Waals surface area contributed by atoms with E-state index in [0.717, 1.165) is 10.9 Å². The van der Waals surface area contributed by atoms with Crippen molar-refractivity contribution >= 4 is 39.7 Å². The molecule has 7 heteroatoms. The Morgan fingerprint density at radius 3 is 2.76 bits per heavy atom. The van der Waals surface area contributed by atoms with E-state index in [4.69, 9.17) is 27.2 Å². The molecule has 0 fully saturated rings. The van der Waals surface area contributed by atoms with E-state index in [9.17, 15) is 4.79 Å². The number of furan rings is 1. The number of nitrogens with zero attached hydrogens (tertiary/aromatic N) is 3. The van der Waals surface area contributed by atoms with Crippen LogP contribution in [0.3, 0.4) is 0 Å². The van der Waals surface area contributed by atoms with E-state index in [1.807, 2.05) is 18.2 Å². The average Bonchev–Trinajstić information content (AvgIpc) is 3.26. The van der Waals surface area contributed by atoms with Crippen LogP contribution in [0.2, 0.25) is 5.02 Å². The predicted molar refractivity (Wildman–Crippen MR) is 130 cm³/mol. The van der Waals surface area contributed by atoms with E-state index in [2.05, 4.69) is 16.0 Å². The van der Waals surface area contributed by atoms with E-state index < -0.39 is 0 Å². The smallest absolute Gasteiger partial charge is 0.282 e. The van der Waals surface area contributed by atoms with Crippen LogP contribution in [0, 0.1) is 12.3 Å². The van der Waals surface area contributed by atoms with E-state index in [-0.39, 0.29) is 18.0 Å². The van der Waals surface area contributed by atoms with Crippen LogP contribution in [0.1, 0.15) is 5.56 Å². The third kappa shape index (κ3) is 4.10. The Morgan fingerprint density at radius 1 is 1.12 bits per heavy atom. The lowest BCUT2D eigenvalue weighted by atomic mass is 10.2. The van der Waals surface area contributed by atoms with Gasteiger partial charge < -0.3 is 9.15 Å². The first-order valence-electron chi connectivity index (χ1n) is 10.0. The largest absolute Gasteiger partial charge is 0.481 e. The van der Waals surface area contributed by atoms with Crippen molar-refractivity contribution in [3.8, 4) is 29.7 Å². The Kier molecular flexibility index (Phi) is 5.39. The van der Waals surface area contributed by atoms with Gasteiger partial charge in [0, 0.05) is 10.4 Å². The summed E-state index contributed by atoms with van der Waals surface area (Å²) >= 11 is 6.11. The Bertz CT molecular complexity index is 1610. The van der Waals surface area contributed by atoms with E-state index >= 15 is 0 Å². The lowest BCUT2D eigenvalue weighted by Crippen LogP contribution is -2.20. The molecular weight excluding hydrogens is 438 g/mol. The van der Waals surface area contributed by atoms with Crippen molar-refractivity contribution in [3.05, 3.63) is 93.7 Å². The summed E-state index contributed by atoms with van der Waals surface area (Å²) in [4.78, 5) is 18.0. The van der Waals surface area contributed by atoms with Crippen molar-refractivity contribution in [2.75, 3.05) is 6.61 Å². The van der Waals surface area contributed by atoms with E-state index in [0.29, 0.717) is 33.0 Å². The monoisotopic (exact) mass is 453 g/mol. The number of para-hydroxylation sites is 1. The summed E-state index contributed by atoms with van der Waals surface area (Å²) in [5.41, 5.74) is 1.65. The quantitative estimate of drug-likeness (QED) is 0.265. The maximum atomic E-state index is 13.3. The van der Waals surface area contributed by atoms with Gasteiger partial charge in [0.15, 0.2) is 5.76 Å². The first-order chi connectivity index (χ1) is 16.1. The zero-order valence-electron chi connectivity index (χ0n) is 17.2. The fourth-order valence-electron chi connectivity index (χ4n) is 3.41. The lowest BCUT2D eigenvalue weighted by molar-refractivity contribution is 0.370. The van der Waals surface area contributed by atoms with Gasteiger partial charge in [0.05, 0.1) is 17.1 Å². The minimum Gasteiger partial charge on any atom is -0.481 e. The predicted octanol–water partition coefficient (Wildman–Crippen LogP) is 5.36. The van der Waals surface area contributed by atoms with Crippen LogP contribution in [0.25, 0.3) is 33.5 Å². The van der Waals surface area contributed by atoms with Crippen LogP contribution in [-0.4, -0.2) is 22.5 Å². The molecule has 5 aromatic rings. The molecule has 0 amide bonds. The highest BCUT2D eigenvalue weighted by molar-refractivity contribution is 6.31. The summed E-state index contributed by atoms with van der Waals surface area (Å²) in [5, 5.41) is 6.29. The Labute approximate surface area is 193 Å². The van der Waals surface area contributed by atoms with Gasteiger partial charge in [-0.05, 0) is 66.2 Å². The molecular formula is C26H16ClN3O3. The molecule has 0 spiro atoms. The molecule has 0 aliphatic rings. The van der Waals surface area contributed by atoms with Gasteiger partial charge in [0.2, 0.25) is 5.82 Å². The minimum atomic E-state index is -0.306. The number of fused-ring (bicyclic) bond motifs is 2. The molecule has 0 N–H and O–H groups in total. The highest BCUT2D eigenvalue weighted by Crippen LogP contribution is 2.29. The molecule has 2 aromatic heterocycles. The number of terminal acetylenes is 1. The van der Waals surface area contributed by atoms with Crippen molar-refractivity contribution in [3.63, 3.8) is 0 Å². The normalized spacial score (nSPS) is 11.3. The number of ether oxygens (including phenoxy) is 1. The zero-order valence-corrected chi connectivity index (χ0v) is 18.0. The molecule has 6 nitrogen and oxygen atoms in total. The first kappa shape index (κ1) is 20.6. The highest BCUT2D eigenvalue weighted by atomic mass is 35.5. The number of halogens is 1. The van der Waals surface area contributed by atoms with Crippen LogP contribution < -0.4 is 10.3 Å². The van der Waals surface area contributed by atoms with E-state index in [1.54, 1.807) is 60.8 Å². The Morgan fingerprint density at radius 2 is 1.94 bits per heavy atom. The molecule has 0 bridgehead atoms. The van der Waals surface area contributed by atoms with Gasteiger partial charge in [0.25, 0.3) is 5.56 Å². The maximum Gasteiger partial charge on any atom is 0.282 e. The van der Waals surface area contributed by atoms with Crippen LogP contribution in [0.15, 0.2) is 87.1 Å². The van der Waals surface area contributed by atoms with Crippen molar-refractivity contribution in [2.45, 2.75) is 0 Å². The summed E-state index contributed by atoms with van der Waals surface area (Å²) in [6.07, 6.45) is 6.79. The molecule has 0 radical (unpaired) electrons. The van der Waals surface area contributed by atoms with Crippen molar-refractivity contribution in [2.24, 2.45) is 5.10 Å². The number of hydrogen-bond donors (Lipinski definition) is 0. The third-order valence-electron chi connectivity index (χ3n) is 4.98. The Balaban J connectivity index is 1.62. The molecule has 0 aliphatic carbocycles. The molecule has 0 unspecified atom stereocenters. The van der Waals surface area contributed by atoms with Crippen molar-refractivity contribution < 1.29 is 9.15 Å². The van der Waals surface area contributed by atoms with Crippen LogP contribution >= 0.6 is 11.6 Å². The fourth-order valence-corrected chi connectivity index (χ4v) is 3.59. The van der Waals surface area contributed by atoms with Gasteiger partial charge >= 0.3 is 0 Å². The molecule has 160 valence electrons. The van der Waals surface area contributed by atoms with Crippen LogP contribution in [0.4, 0.5) is 0 Å². The molecule has 0 atom stereocenters. The topological polar surface area (TPSA) is 69.6 Å². The minimum absolute atomic E-state index is 0.192. The van der Waals surface area contributed by atoms with Gasteiger partial charge in [-0.1, -0.05) is 29.7 Å². The highest BCUT2D eigenvalue weighted by Gasteiger charge is 2.16. The molecule has 0 saturated carbocycles. The van der Waals surface area contributed by atoms with Gasteiger partial charge in [-0.15, -0.1) is 6.42 Å². The summed E-state index contributed by atoms with van der Waals surface area (Å²) in [6, 6.07) is 21.4. The fraction of sp³-hybridized carbons (Fsp3) is 0.0385. The second-order valence-electron chi connectivity index (χ2n) is 7.17. The summed E-state index contributed by atoms with van der Waals surface area (Å²) in [7, 11) is 0. The SMILES string of the molecule is C#CCOc1ccc(C=Nn2c(-c3cc4cc(Cl)ccc4o3)nc3ccccc3c2=O)cc1. The van der Waals surface area contributed by atoms with Gasteiger partial charge in [-0.3, -0.25) is 4.79 Å². The number of benzene rings is 3. The third-order valence-corrected chi connectivity index (χ3v) is 5.21. The number of rotatable bonds is 5. The second kappa shape index (κ2) is 8.65. The van der Waals surface area contributed by atoms with Crippen LogP contribution in [-0.2, 0) is 0 Å². The summed E-state index contributed by atoms with van der Waals surface area (Å²) < 4.78 is 12.6. The molecule has 0 saturated heterocycles. The summed E-state index contributed by atoms with van der Waals surface area (Å²) in [6.45, 7) is 0.192. The van der Waals surface area contributed by atoms with Crippen molar-refractivity contribution in [1.82, 2.24) is 9.66 Å². The lowest BCUT2D eigenvalue weighted by Gasteiger charge is -2.07. The van der Waals surface area contributed by atoms with Gasteiger partial charge in [-0.25, -0.2) is 4.98 Å². The van der Waals surface area contributed by atoms with Crippen LogP contribution in [0.5, 0.6) is 5.75 Å². The molecule has 0 aliphatic heterocycles. The average molecular weight is 454 g/mol. The number of hydrogen-bond acceptors (Lipinski definition) is 5. The Hall–Kier alpha value is -4.34. The standard InChI is InChI=1S/C26H16ClN3O3/c1-2-13-32-20-10-7-17(8-11-20)16-28-30-25(29-22-6-4-3-5-21(22)26(30)31)24-15-18-14-19(27)9-12-23(18)33-24/h1,3-12,14-16H,13H2. The first-order valence-corrected chi connectivity index (χ1v) is 10.4. The molecule has 3 aromatic carbocycles. The molecule has 2 heterocycles. The maximum absolute atomic E-state index is 13.3. The summed E-state index contributed by atoms with van der Waals surface area (Å²) in [5.74, 6) is 3.77. The molecule has 33 heavy (non-hydrogen) atoms. The zero-order chi connectivity index (χ0) is 22.8. The van der Waals surface area contributed by atoms with E-state index in [1.165, 1.54) is 4.68 Å². The van der Waals surface area contributed by atoms with Gasteiger partial charge in [0.1, 0.15) is 17.9 Å². The number of aromatic nitrogens is 2. The molecule has 5 rings (SSSR count). The second-order valence-corrected chi connectivity index (χ2v) is 7.61. The van der Waals surface area contributed by atoms with Gasteiger partial charge in [-0.2, -0.15) is 9.78 Å². The van der Waals surface area contributed by atoms with Crippen molar-refractivity contribution in [1.29, 1.82) is 0 Å².